The molecule has 0 aliphatic carbocycles. The highest BCUT2D eigenvalue weighted by Gasteiger charge is 2.09. The molecule has 150 valence electrons. The fourth-order valence-electron chi connectivity index (χ4n) is 3.46. The van der Waals surface area contributed by atoms with Crippen molar-refractivity contribution in [3.05, 3.63) is 81.8 Å². The van der Waals surface area contributed by atoms with Gasteiger partial charge in [-0.2, -0.15) is 0 Å². The number of carboxylic acids is 1. The number of aryl methyl sites for hydroxylation is 1. The van der Waals surface area contributed by atoms with Crippen LogP contribution in [0.3, 0.4) is 0 Å². The monoisotopic (exact) mass is 399 g/mol. The van der Waals surface area contributed by atoms with Gasteiger partial charge in [-0.1, -0.05) is 30.3 Å². The summed E-state index contributed by atoms with van der Waals surface area (Å²) in [6.45, 7) is 2.31. The summed E-state index contributed by atoms with van der Waals surface area (Å²) in [6, 6.07) is 16.2. The maximum atomic E-state index is 12.8. The van der Waals surface area contributed by atoms with E-state index in [0.717, 1.165) is 22.1 Å². The van der Waals surface area contributed by atoms with Crippen LogP contribution in [0.1, 0.15) is 28.5 Å². The molecule has 4 aromatic rings. The van der Waals surface area contributed by atoms with Gasteiger partial charge in [0.1, 0.15) is 11.4 Å². The van der Waals surface area contributed by atoms with Gasteiger partial charge in [0.05, 0.1) is 24.1 Å². The van der Waals surface area contributed by atoms with Crippen LogP contribution in [-0.2, 0) is 6.54 Å². The van der Waals surface area contributed by atoms with E-state index in [9.17, 15) is 14.7 Å². The Labute approximate surface area is 172 Å². The number of hydrogen-bond donors (Lipinski definition) is 0. The first-order chi connectivity index (χ1) is 14.5. The minimum absolute atomic E-state index is 0.0242. The number of fused-ring (bicyclic) bond motifs is 2. The van der Waals surface area contributed by atoms with Gasteiger partial charge in [0.25, 0.3) is 5.56 Å². The van der Waals surface area contributed by atoms with Crippen LogP contribution < -0.4 is 15.4 Å². The van der Waals surface area contributed by atoms with Crippen LogP contribution in [-0.4, -0.2) is 22.6 Å². The number of methoxy groups -OCH3 is 1. The van der Waals surface area contributed by atoms with Gasteiger partial charge in [-0.15, -0.1) is 0 Å². The molecular formula is C24H19N2O4-. The summed E-state index contributed by atoms with van der Waals surface area (Å²) in [5.74, 6) is -0.486. The Morgan fingerprint density at radius 3 is 2.57 bits per heavy atom. The maximum absolute atomic E-state index is 12.8. The quantitative estimate of drug-likeness (QED) is 0.515. The average Bonchev–Trinajstić information content (AvgIpc) is 2.76. The molecule has 0 aliphatic rings. The molecule has 3 aromatic carbocycles. The standard InChI is InChI=1S/C24H20N2O4/c1-3-26-22-11-8-18(24(28)29)14-21(22)25-20(23(26)27)10-5-15-4-6-17-13-19(30-2)9-7-16(17)12-15/h4-14H,3H2,1-2H3,(H,28,29)/p-1/b10-5+. The third-order valence-corrected chi connectivity index (χ3v) is 5.03. The van der Waals surface area contributed by atoms with Gasteiger partial charge in [-0.3, -0.25) is 4.79 Å². The maximum Gasteiger partial charge on any atom is 0.276 e. The molecule has 4 rings (SSSR count). The summed E-state index contributed by atoms with van der Waals surface area (Å²) >= 11 is 0. The topological polar surface area (TPSA) is 84.2 Å². The zero-order valence-corrected chi connectivity index (χ0v) is 16.6. The molecule has 0 bridgehead atoms. The van der Waals surface area contributed by atoms with Gasteiger partial charge in [-0.25, -0.2) is 4.98 Å². The molecule has 0 N–H and O–H groups in total. The molecule has 0 aliphatic heterocycles. The normalized spacial score (nSPS) is 11.4. The van der Waals surface area contributed by atoms with Crippen LogP contribution in [0.25, 0.3) is 34.0 Å². The van der Waals surface area contributed by atoms with E-state index in [2.05, 4.69) is 4.98 Å². The summed E-state index contributed by atoms with van der Waals surface area (Å²) in [5, 5.41) is 13.3. The zero-order chi connectivity index (χ0) is 21.3. The van der Waals surface area contributed by atoms with Gasteiger partial charge in [0.15, 0.2) is 0 Å². The third kappa shape index (κ3) is 3.55. The first-order valence-electron chi connectivity index (χ1n) is 9.52. The van der Waals surface area contributed by atoms with Crippen molar-refractivity contribution in [1.82, 2.24) is 9.55 Å². The predicted molar refractivity (Wildman–Crippen MR) is 115 cm³/mol. The van der Waals surface area contributed by atoms with Crippen LogP contribution in [0.4, 0.5) is 0 Å². The molecule has 6 nitrogen and oxygen atoms in total. The van der Waals surface area contributed by atoms with Crippen molar-refractivity contribution in [3.63, 3.8) is 0 Å². The highest BCUT2D eigenvalue weighted by Crippen LogP contribution is 2.22. The lowest BCUT2D eigenvalue weighted by Gasteiger charge is -2.10. The summed E-state index contributed by atoms with van der Waals surface area (Å²) < 4.78 is 6.83. The Balaban J connectivity index is 1.78. The Morgan fingerprint density at radius 1 is 1.07 bits per heavy atom. The molecule has 0 radical (unpaired) electrons. The smallest absolute Gasteiger partial charge is 0.276 e. The number of aromatic carboxylic acids is 1. The number of rotatable bonds is 5. The SMILES string of the molecule is CCn1c(=O)c(/C=C/c2ccc3cc(OC)ccc3c2)nc2cc(C(=O)[O-])ccc21. The van der Waals surface area contributed by atoms with E-state index in [1.807, 2.05) is 49.4 Å². The molecule has 0 saturated heterocycles. The number of carbonyl (C=O) groups excluding carboxylic acids is 1. The molecule has 0 spiro atoms. The van der Waals surface area contributed by atoms with E-state index in [1.54, 1.807) is 23.8 Å². The van der Waals surface area contributed by atoms with Crippen molar-refractivity contribution < 1.29 is 14.6 Å². The third-order valence-electron chi connectivity index (χ3n) is 5.03. The van der Waals surface area contributed by atoms with Crippen LogP contribution in [0.5, 0.6) is 5.75 Å². The Kier molecular flexibility index (Phi) is 5.06. The Morgan fingerprint density at radius 2 is 1.83 bits per heavy atom. The van der Waals surface area contributed by atoms with Crippen molar-refractivity contribution in [1.29, 1.82) is 0 Å². The van der Waals surface area contributed by atoms with Gasteiger partial charge in [0, 0.05) is 6.54 Å². The second kappa shape index (κ2) is 7.83. The molecule has 0 saturated carbocycles. The predicted octanol–water partition coefficient (Wildman–Crippen LogP) is 3.11. The van der Waals surface area contributed by atoms with Crippen LogP contribution >= 0.6 is 0 Å². The van der Waals surface area contributed by atoms with Crippen molar-refractivity contribution in [2.75, 3.05) is 7.11 Å². The first-order valence-corrected chi connectivity index (χ1v) is 9.52. The van der Waals surface area contributed by atoms with Crippen LogP contribution in [0.15, 0.2) is 59.4 Å². The summed E-state index contributed by atoms with van der Waals surface area (Å²) in [5.41, 5.74) is 1.98. The van der Waals surface area contributed by atoms with E-state index in [1.165, 1.54) is 12.1 Å². The molecule has 1 aromatic heterocycles. The number of carboxylic acid groups (broad SMARTS) is 1. The van der Waals surface area contributed by atoms with Crippen molar-refractivity contribution >= 4 is 39.9 Å². The average molecular weight is 399 g/mol. The number of ether oxygens (including phenoxy) is 1. The molecule has 0 amide bonds. The summed E-state index contributed by atoms with van der Waals surface area (Å²) in [6.07, 6.45) is 3.48. The van der Waals surface area contributed by atoms with E-state index in [0.29, 0.717) is 17.6 Å². The first kappa shape index (κ1) is 19.4. The molecule has 6 heteroatoms. The highest BCUT2D eigenvalue weighted by molar-refractivity contribution is 5.91. The number of benzene rings is 3. The molecule has 1 heterocycles. The van der Waals surface area contributed by atoms with Crippen LogP contribution in [0, 0.1) is 0 Å². The molecule has 0 atom stereocenters. The molecule has 30 heavy (non-hydrogen) atoms. The second-order valence-electron chi connectivity index (χ2n) is 6.84. The number of hydrogen-bond acceptors (Lipinski definition) is 5. The molecule has 0 unspecified atom stereocenters. The van der Waals surface area contributed by atoms with Gasteiger partial charge >= 0.3 is 0 Å². The molecule has 0 fully saturated rings. The lowest BCUT2D eigenvalue weighted by Crippen LogP contribution is -2.25. The number of aromatic nitrogens is 2. The van der Waals surface area contributed by atoms with E-state index < -0.39 is 5.97 Å². The fraction of sp³-hybridized carbons (Fsp3) is 0.125. The van der Waals surface area contributed by atoms with Crippen LogP contribution in [0.2, 0.25) is 0 Å². The minimum Gasteiger partial charge on any atom is -0.545 e. The van der Waals surface area contributed by atoms with Gasteiger partial charge in [0.2, 0.25) is 0 Å². The largest absolute Gasteiger partial charge is 0.545 e. The highest BCUT2D eigenvalue weighted by atomic mass is 16.5. The van der Waals surface area contributed by atoms with Crippen molar-refractivity contribution in [2.45, 2.75) is 13.5 Å². The van der Waals surface area contributed by atoms with Gasteiger partial charge < -0.3 is 19.2 Å². The lowest BCUT2D eigenvalue weighted by molar-refractivity contribution is -0.255. The fourth-order valence-corrected chi connectivity index (χ4v) is 3.46. The number of nitrogens with zero attached hydrogens (tertiary/aromatic N) is 2. The summed E-state index contributed by atoms with van der Waals surface area (Å²) in [4.78, 5) is 28.4. The Bertz CT molecular complexity index is 1370. The van der Waals surface area contributed by atoms with E-state index >= 15 is 0 Å². The minimum atomic E-state index is -1.28. The Hall–Kier alpha value is -3.93. The van der Waals surface area contributed by atoms with E-state index in [-0.39, 0.29) is 16.8 Å². The molecular weight excluding hydrogens is 380 g/mol. The van der Waals surface area contributed by atoms with Crippen molar-refractivity contribution in [3.8, 4) is 5.75 Å². The van der Waals surface area contributed by atoms with Crippen molar-refractivity contribution in [2.24, 2.45) is 0 Å². The lowest BCUT2D eigenvalue weighted by atomic mass is 10.1. The van der Waals surface area contributed by atoms with E-state index in [4.69, 9.17) is 4.74 Å². The number of carbonyl (C=O) groups is 1. The zero-order valence-electron chi connectivity index (χ0n) is 16.6. The second-order valence-corrected chi connectivity index (χ2v) is 6.84. The van der Waals surface area contributed by atoms with Gasteiger partial charge in [-0.05, 0) is 65.2 Å². The summed E-state index contributed by atoms with van der Waals surface area (Å²) in [7, 11) is 1.63.